The van der Waals surface area contributed by atoms with Gasteiger partial charge in [-0.3, -0.25) is 4.79 Å². The Labute approximate surface area is 123 Å². The van der Waals surface area contributed by atoms with Crippen molar-refractivity contribution < 1.29 is 14.3 Å². The highest BCUT2D eigenvalue weighted by molar-refractivity contribution is 14.1. The van der Waals surface area contributed by atoms with E-state index in [1.165, 1.54) is 25.7 Å². The van der Waals surface area contributed by atoms with E-state index in [9.17, 15) is 4.79 Å². The first-order valence-corrected chi connectivity index (χ1v) is 8.18. The molecule has 4 heteroatoms. The fourth-order valence-electron chi connectivity index (χ4n) is 3.53. The van der Waals surface area contributed by atoms with Crippen molar-refractivity contribution >= 4 is 28.6 Å². The number of esters is 1. The average Bonchev–Trinajstić information content (AvgIpc) is 2.93. The van der Waals surface area contributed by atoms with Gasteiger partial charge in [-0.25, -0.2) is 0 Å². The molecule has 0 aromatic heterocycles. The van der Waals surface area contributed by atoms with Gasteiger partial charge in [-0.2, -0.15) is 0 Å². The van der Waals surface area contributed by atoms with Crippen LogP contribution in [0.15, 0.2) is 0 Å². The summed E-state index contributed by atoms with van der Waals surface area (Å²) in [5, 5.41) is 0. The zero-order chi connectivity index (χ0) is 13.2. The molecule has 2 bridgehead atoms. The topological polar surface area (TPSA) is 35.5 Å². The lowest BCUT2D eigenvalue weighted by Gasteiger charge is -2.33. The van der Waals surface area contributed by atoms with Gasteiger partial charge >= 0.3 is 5.97 Å². The molecule has 0 aliphatic heterocycles. The van der Waals surface area contributed by atoms with E-state index in [1.54, 1.807) is 0 Å². The minimum atomic E-state index is -0.156. The second-order valence-electron chi connectivity index (χ2n) is 6.04. The maximum absolute atomic E-state index is 11.5. The highest BCUT2D eigenvalue weighted by Gasteiger charge is 2.47. The molecule has 0 N–H and O–H groups in total. The molecule has 3 nitrogen and oxygen atoms in total. The minimum absolute atomic E-state index is 0.0516. The highest BCUT2D eigenvalue weighted by Crippen LogP contribution is 2.55. The Balaban J connectivity index is 1.65. The Bertz CT molecular complexity index is 307. The summed E-state index contributed by atoms with van der Waals surface area (Å²) in [7, 11) is 0. The van der Waals surface area contributed by atoms with Gasteiger partial charge in [0.15, 0.2) is 6.79 Å². The van der Waals surface area contributed by atoms with Crippen LogP contribution in [0.2, 0.25) is 0 Å². The van der Waals surface area contributed by atoms with Crippen molar-refractivity contribution in [1.29, 1.82) is 0 Å². The molecule has 4 atom stereocenters. The van der Waals surface area contributed by atoms with Crippen LogP contribution in [0.1, 0.15) is 46.0 Å². The average molecular weight is 366 g/mol. The number of ether oxygens (including phenoxy) is 2. The standard InChI is InChI=1S/C14H23IO3/c1-3-12(15)13(16)18-9-17-8-14(2)7-10-4-5-11(14)6-10/h10-12H,3-9H2,1-2H3. The molecule has 2 rings (SSSR count). The smallest absolute Gasteiger partial charge is 0.320 e. The first kappa shape index (κ1) is 14.6. The van der Waals surface area contributed by atoms with Gasteiger partial charge in [-0.15, -0.1) is 0 Å². The summed E-state index contributed by atoms with van der Waals surface area (Å²) in [6.45, 7) is 5.16. The van der Waals surface area contributed by atoms with Gasteiger partial charge in [-0.1, -0.05) is 42.9 Å². The quantitative estimate of drug-likeness (QED) is 0.237. The summed E-state index contributed by atoms with van der Waals surface area (Å²) in [6, 6.07) is 0. The van der Waals surface area contributed by atoms with E-state index in [4.69, 9.17) is 9.47 Å². The van der Waals surface area contributed by atoms with Crippen molar-refractivity contribution in [2.75, 3.05) is 13.4 Å². The molecule has 18 heavy (non-hydrogen) atoms. The monoisotopic (exact) mass is 366 g/mol. The number of hydrogen-bond donors (Lipinski definition) is 0. The van der Waals surface area contributed by atoms with Crippen LogP contribution in [-0.2, 0) is 14.3 Å². The fraction of sp³-hybridized carbons (Fsp3) is 0.929. The van der Waals surface area contributed by atoms with Gasteiger partial charge in [0.25, 0.3) is 0 Å². The van der Waals surface area contributed by atoms with Gasteiger partial charge in [-0.05, 0) is 42.9 Å². The van der Waals surface area contributed by atoms with E-state index in [-0.39, 0.29) is 16.7 Å². The van der Waals surface area contributed by atoms with Crippen molar-refractivity contribution in [3.63, 3.8) is 0 Å². The van der Waals surface area contributed by atoms with Crippen molar-refractivity contribution in [1.82, 2.24) is 0 Å². The Morgan fingerprint density at radius 3 is 2.83 bits per heavy atom. The molecule has 2 fully saturated rings. The Morgan fingerprint density at radius 2 is 2.28 bits per heavy atom. The van der Waals surface area contributed by atoms with Crippen molar-refractivity contribution in [3.05, 3.63) is 0 Å². The number of carbonyl (C=O) groups is 1. The summed E-state index contributed by atoms with van der Waals surface area (Å²) < 4.78 is 10.7. The second-order valence-corrected chi connectivity index (χ2v) is 7.54. The summed E-state index contributed by atoms with van der Waals surface area (Å²) in [5.74, 6) is 1.59. The van der Waals surface area contributed by atoms with Crippen LogP contribution in [0.25, 0.3) is 0 Å². The van der Waals surface area contributed by atoms with Gasteiger partial charge in [0.2, 0.25) is 0 Å². The minimum Gasteiger partial charge on any atom is -0.438 e. The van der Waals surface area contributed by atoms with Crippen LogP contribution in [0.4, 0.5) is 0 Å². The van der Waals surface area contributed by atoms with Crippen LogP contribution < -0.4 is 0 Å². The fourth-order valence-corrected chi connectivity index (χ4v) is 3.71. The molecule has 0 heterocycles. The Morgan fingerprint density at radius 1 is 1.50 bits per heavy atom. The number of fused-ring (bicyclic) bond motifs is 2. The van der Waals surface area contributed by atoms with Gasteiger partial charge in [0.05, 0.1) is 6.61 Å². The van der Waals surface area contributed by atoms with E-state index >= 15 is 0 Å². The predicted molar refractivity (Wildman–Crippen MR) is 78.6 cm³/mol. The van der Waals surface area contributed by atoms with Gasteiger partial charge in [0.1, 0.15) is 3.92 Å². The number of halogens is 1. The third-order valence-corrected chi connectivity index (χ3v) is 6.00. The van der Waals surface area contributed by atoms with E-state index in [0.717, 1.165) is 24.9 Å². The SMILES string of the molecule is CCC(I)C(=O)OCOCC1(C)CC2CCC1C2. The Hall–Kier alpha value is 0.160. The van der Waals surface area contributed by atoms with E-state index < -0.39 is 0 Å². The highest BCUT2D eigenvalue weighted by atomic mass is 127. The predicted octanol–water partition coefficient (Wildman–Crippen LogP) is 3.54. The second kappa shape index (κ2) is 6.07. The molecule has 2 saturated carbocycles. The maximum Gasteiger partial charge on any atom is 0.320 e. The molecule has 104 valence electrons. The molecule has 0 aromatic carbocycles. The Kier molecular flexibility index (Phi) is 4.92. The molecule has 2 aliphatic rings. The van der Waals surface area contributed by atoms with E-state index in [1.807, 2.05) is 6.92 Å². The van der Waals surface area contributed by atoms with Crippen LogP contribution >= 0.6 is 22.6 Å². The van der Waals surface area contributed by atoms with Gasteiger partial charge in [0, 0.05) is 0 Å². The van der Waals surface area contributed by atoms with Crippen molar-refractivity contribution in [2.45, 2.75) is 49.9 Å². The zero-order valence-corrected chi connectivity index (χ0v) is 13.4. The maximum atomic E-state index is 11.5. The summed E-state index contributed by atoms with van der Waals surface area (Å²) in [4.78, 5) is 11.5. The third kappa shape index (κ3) is 3.18. The lowest BCUT2D eigenvalue weighted by atomic mass is 9.75. The van der Waals surface area contributed by atoms with Crippen LogP contribution in [0, 0.1) is 17.3 Å². The third-order valence-electron chi connectivity index (χ3n) is 4.61. The zero-order valence-electron chi connectivity index (χ0n) is 11.3. The molecule has 4 unspecified atom stereocenters. The molecular formula is C14H23IO3. The normalized spacial score (nSPS) is 35.7. The molecule has 0 radical (unpaired) electrons. The van der Waals surface area contributed by atoms with Crippen LogP contribution in [0.5, 0.6) is 0 Å². The van der Waals surface area contributed by atoms with E-state index in [0.29, 0.717) is 5.41 Å². The number of alkyl halides is 1. The molecule has 0 amide bonds. The number of rotatable bonds is 6. The largest absolute Gasteiger partial charge is 0.438 e. The number of carbonyl (C=O) groups excluding carboxylic acids is 1. The molecule has 0 spiro atoms. The van der Waals surface area contributed by atoms with Crippen molar-refractivity contribution in [3.8, 4) is 0 Å². The van der Waals surface area contributed by atoms with Crippen LogP contribution in [-0.4, -0.2) is 23.3 Å². The molecular weight excluding hydrogens is 343 g/mol. The first-order chi connectivity index (χ1) is 8.55. The summed E-state index contributed by atoms with van der Waals surface area (Å²) >= 11 is 2.11. The first-order valence-electron chi connectivity index (χ1n) is 6.93. The lowest BCUT2D eigenvalue weighted by Crippen LogP contribution is -2.30. The van der Waals surface area contributed by atoms with Gasteiger partial charge < -0.3 is 9.47 Å². The molecule has 2 aliphatic carbocycles. The number of hydrogen-bond acceptors (Lipinski definition) is 3. The summed E-state index contributed by atoms with van der Waals surface area (Å²) in [6.07, 6.45) is 6.24. The lowest BCUT2D eigenvalue weighted by molar-refractivity contribution is -0.158. The van der Waals surface area contributed by atoms with Crippen LogP contribution in [0.3, 0.4) is 0 Å². The molecule has 0 saturated heterocycles. The van der Waals surface area contributed by atoms with Crippen molar-refractivity contribution in [2.24, 2.45) is 17.3 Å². The summed E-state index contributed by atoms with van der Waals surface area (Å²) in [5.41, 5.74) is 0.323. The van der Waals surface area contributed by atoms with E-state index in [2.05, 4.69) is 29.5 Å². The molecule has 0 aromatic rings.